The van der Waals surface area contributed by atoms with Gasteiger partial charge in [-0.2, -0.15) is 0 Å². The molecule has 3 aromatic heterocycles. The number of halogens is 1. The molecule has 150 valence electrons. The van der Waals surface area contributed by atoms with Crippen molar-refractivity contribution in [3.63, 3.8) is 0 Å². The molecule has 30 heavy (non-hydrogen) atoms. The lowest BCUT2D eigenvalue weighted by Gasteiger charge is -2.22. The molecule has 1 atom stereocenters. The van der Waals surface area contributed by atoms with Crippen LogP contribution in [-0.4, -0.2) is 15.9 Å². The first-order valence-electron chi connectivity index (χ1n) is 9.31. The second-order valence-corrected chi connectivity index (χ2v) is 8.86. The first kappa shape index (κ1) is 19.0. The Kier molecular flexibility index (Phi) is 4.27. The Hall–Kier alpha value is -3.03. The number of thiazole rings is 1. The molecule has 4 heterocycles. The van der Waals surface area contributed by atoms with Gasteiger partial charge in [-0.15, -0.1) is 11.3 Å². The first-order chi connectivity index (χ1) is 14.4. The third-order valence-electron chi connectivity index (χ3n) is 5.37. The molecule has 6 nitrogen and oxygen atoms in total. The fourth-order valence-electron chi connectivity index (χ4n) is 3.70. The van der Waals surface area contributed by atoms with E-state index in [-0.39, 0.29) is 22.7 Å². The Morgan fingerprint density at radius 2 is 2.00 bits per heavy atom. The lowest BCUT2D eigenvalue weighted by atomic mass is 10.00. The third-order valence-corrected chi connectivity index (χ3v) is 6.85. The molecule has 0 saturated carbocycles. The van der Waals surface area contributed by atoms with Crippen molar-refractivity contribution in [3.8, 4) is 0 Å². The summed E-state index contributed by atoms with van der Waals surface area (Å²) in [5.74, 6) is -0.354. The molecule has 0 saturated heterocycles. The molecule has 0 bridgehead atoms. The molecule has 0 fully saturated rings. The molecule has 1 aromatic carbocycles. The summed E-state index contributed by atoms with van der Waals surface area (Å²) in [6.07, 6.45) is 3.30. The summed E-state index contributed by atoms with van der Waals surface area (Å²) in [6.45, 7) is 5.67. The second-order valence-electron chi connectivity index (χ2n) is 7.27. The molecular weight excluding hydrogens is 422 g/mol. The van der Waals surface area contributed by atoms with Gasteiger partial charge in [0.25, 0.3) is 5.91 Å². The number of hydrogen-bond donors (Lipinski definition) is 0. The van der Waals surface area contributed by atoms with Crippen LogP contribution in [0.15, 0.2) is 45.9 Å². The van der Waals surface area contributed by atoms with Crippen LogP contribution in [0.25, 0.3) is 11.0 Å². The van der Waals surface area contributed by atoms with Gasteiger partial charge in [0.05, 0.1) is 22.7 Å². The van der Waals surface area contributed by atoms with Crippen LogP contribution < -0.4 is 10.3 Å². The van der Waals surface area contributed by atoms with Gasteiger partial charge in [0, 0.05) is 22.3 Å². The van der Waals surface area contributed by atoms with Crippen molar-refractivity contribution in [2.75, 3.05) is 4.90 Å². The van der Waals surface area contributed by atoms with E-state index in [1.54, 1.807) is 30.6 Å². The Bertz CT molecular complexity index is 1380. The van der Waals surface area contributed by atoms with E-state index in [9.17, 15) is 9.59 Å². The second kappa shape index (κ2) is 6.75. The number of carbonyl (C=O) groups is 1. The minimum Gasteiger partial charge on any atom is -0.450 e. The van der Waals surface area contributed by atoms with Gasteiger partial charge in [0.2, 0.25) is 5.76 Å². The third kappa shape index (κ3) is 2.69. The van der Waals surface area contributed by atoms with Gasteiger partial charge in [-0.1, -0.05) is 17.7 Å². The van der Waals surface area contributed by atoms with Gasteiger partial charge in [-0.05, 0) is 50.1 Å². The molecule has 1 aliphatic heterocycles. The number of rotatable bonds is 2. The van der Waals surface area contributed by atoms with E-state index >= 15 is 0 Å². The Morgan fingerprint density at radius 1 is 1.20 bits per heavy atom. The highest BCUT2D eigenvalue weighted by Crippen LogP contribution is 2.43. The van der Waals surface area contributed by atoms with Crippen LogP contribution in [0.2, 0.25) is 5.02 Å². The number of carbonyl (C=O) groups excluding carboxylic acids is 1. The molecule has 0 N–H and O–H groups in total. The van der Waals surface area contributed by atoms with E-state index in [2.05, 4.69) is 9.97 Å². The molecule has 1 amide bonds. The zero-order valence-electron chi connectivity index (χ0n) is 16.4. The van der Waals surface area contributed by atoms with Crippen molar-refractivity contribution in [2.24, 2.45) is 0 Å². The highest BCUT2D eigenvalue weighted by molar-refractivity contribution is 7.15. The predicted molar refractivity (Wildman–Crippen MR) is 117 cm³/mol. The van der Waals surface area contributed by atoms with Crippen molar-refractivity contribution in [1.82, 2.24) is 9.97 Å². The topological polar surface area (TPSA) is 76.3 Å². The van der Waals surface area contributed by atoms with Crippen molar-refractivity contribution in [2.45, 2.75) is 26.8 Å². The number of benzene rings is 1. The predicted octanol–water partition coefficient (Wildman–Crippen LogP) is 4.97. The van der Waals surface area contributed by atoms with Crippen LogP contribution in [0, 0.1) is 20.8 Å². The smallest absolute Gasteiger partial charge is 0.297 e. The zero-order valence-corrected chi connectivity index (χ0v) is 18.0. The van der Waals surface area contributed by atoms with Crippen LogP contribution >= 0.6 is 22.9 Å². The molecule has 1 aliphatic rings. The summed E-state index contributed by atoms with van der Waals surface area (Å²) in [5.41, 5.74) is 2.67. The molecule has 8 heteroatoms. The van der Waals surface area contributed by atoms with E-state index in [0.717, 1.165) is 16.1 Å². The standard InChI is InChI=1S/C22H16ClN3O3S/c1-10-7-16-14(8-15(10)23)19(27)17-18(13-5-4-6-24-9-13)26(21(28)20(17)29-16)22-25-11(2)12(3)30-22/h4-9,18H,1-3H3/t18-/m1/s1. The number of nitrogens with zero attached hydrogens (tertiary/aromatic N) is 3. The number of pyridine rings is 1. The van der Waals surface area contributed by atoms with Gasteiger partial charge >= 0.3 is 0 Å². The highest BCUT2D eigenvalue weighted by atomic mass is 35.5. The van der Waals surface area contributed by atoms with Crippen LogP contribution in [-0.2, 0) is 0 Å². The average molecular weight is 438 g/mol. The number of anilines is 1. The van der Waals surface area contributed by atoms with Crippen molar-refractivity contribution in [3.05, 3.63) is 84.9 Å². The molecule has 4 aromatic rings. The van der Waals surface area contributed by atoms with E-state index in [1.807, 2.05) is 26.8 Å². The van der Waals surface area contributed by atoms with Crippen molar-refractivity contribution >= 4 is 44.9 Å². The van der Waals surface area contributed by atoms with Crippen molar-refractivity contribution in [1.29, 1.82) is 0 Å². The number of aromatic nitrogens is 2. The van der Waals surface area contributed by atoms with Gasteiger partial charge in [-0.3, -0.25) is 19.5 Å². The number of hydrogen-bond acceptors (Lipinski definition) is 6. The maximum Gasteiger partial charge on any atom is 0.297 e. The number of amides is 1. The van der Waals surface area contributed by atoms with Crippen molar-refractivity contribution < 1.29 is 9.21 Å². The molecule has 5 rings (SSSR count). The zero-order chi connectivity index (χ0) is 21.2. The normalized spacial score (nSPS) is 15.8. The Labute approximate surface area is 180 Å². The summed E-state index contributed by atoms with van der Waals surface area (Å²) in [4.78, 5) is 38.3. The molecular formula is C22H16ClN3O3S. The molecule has 0 spiro atoms. The van der Waals surface area contributed by atoms with Gasteiger partial charge in [0.1, 0.15) is 5.58 Å². The summed E-state index contributed by atoms with van der Waals surface area (Å²) in [7, 11) is 0. The fourth-order valence-corrected chi connectivity index (χ4v) is 4.80. The number of aryl methyl sites for hydroxylation is 3. The van der Waals surface area contributed by atoms with E-state index in [1.165, 1.54) is 16.2 Å². The minimum absolute atomic E-state index is 0.0357. The Balaban J connectivity index is 1.84. The summed E-state index contributed by atoms with van der Waals surface area (Å²) in [6, 6.07) is 6.23. The van der Waals surface area contributed by atoms with Crippen LogP contribution in [0.1, 0.15) is 43.9 Å². The van der Waals surface area contributed by atoms with Crippen LogP contribution in [0.3, 0.4) is 0 Å². The lowest BCUT2D eigenvalue weighted by Crippen LogP contribution is -2.29. The van der Waals surface area contributed by atoms with Crippen LogP contribution in [0.5, 0.6) is 0 Å². The maximum absolute atomic E-state index is 13.5. The highest BCUT2D eigenvalue weighted by Gasteiger charge is 2.45. The van der Waals surface area contributed by atoms with Gasteiger partial charge in [0.15, 0.2) is 10.6 Å². The lowest BCUT2D eigenvalue weighted by molar-refractivity contribution is 0.0971. The monoisotopic (exact) mass is 437 g/mol. The van der Waals surface area contributed by atoms with Gasteiger partial charge < -0.3 is 4.42 Å². The van der Waals surface area contributed by atoms with E-state index in [4.69, 9.17) is 16.0 Å². The summed E-state index contributed by atoms with van der Waals surface area (Å²) >= 11 is 7.67. The fraction of sp³-hybridized carbons (Fsp3) is 0.182. The minimum atomic E-state index is -0.674. The van der Waals surface area contributed by atoms with E-state index < -0.39 is 6.04 Å². The van der Waals surface area contributed by atoms with E-state index in [0.29, 0.717) is 26.7 Å². The maximum atomic E-state index is 13.5. The quantitative estimate of drug-likeness (QED) is 0.442. The molecule has 0 aliphatic carbocycles. The number of fused-ring (bicyclic) bond motifs is 2. The largest absolute Gasteiger partial charge is 0.450 e. The van der Waals surface area contributed by atoms with Gasteiger partial charge in [-0.25, -0.2) is 4.98 Å². The summed E-state index contributed by atoms with van der Waals surface area (Å²) in [5, 5.41) is 1.34. The Morgan fingerprint density at radius 3 is 2.67 bits per heavy atom. The molecule has 0 unspecified atom stereocenters. The SMILES string of the molecule is Cc1cc2oc3c(c(=O)c2cc1Cl)[C@@H](c1cccnc1)N(c1nc(C)c(C)s1)C3=O. The first-order valence-corrected chi connectivity index (χ1v) is 10.5. The summed E-state index contributed by atoms with van der Waals surface area (Å²) < 4.78 is 5.98. The van der Waals surface area contributed by atoms with Crippen LogP contribution in [0.4, 0.5) is 5.13 Å². The average Bonchev–Trinajstić information content (AvgIpc) is 3.21. The molecule has 0 radical (unpaired) electrons.